The van der Waals surface area contributed by atoms with Gasteiger partial charge < -0.3 is 14.6 Å². The van der Waals surface area contributed by atoms with E-state index in [4.69, 9.17) is 9.47 Å². The standard InChI is InChI=1S/C24H18F4N2O3/c1-32-20-9-5-3-7-17(20)21-22(29-30-23(21)24(26,27)28)16-11-10-15(12-19(16)31)33-13-14-6-2-4-8-18(14)25/h2-12,31H,13H2,1H3,(H,29,30). The molecule has 4 rings (SSSR count). The van der Waals surface area contributed by atoms with Gasteiger partial charge in [-0.2, -0.15) is 18.3 Å². The summed E-state index contributed by atoms with van der Waals surface area (Å²) in [5, 5.41) is 16.5. The third kappa shape index (κ3) is 4.48. The Morgan fingerprint density at radius 3 is 2.39 bits per heavy atom. The highest BCUT2D eigenvalue weighted by atomic mass is 19.4. The van der Waals surface area contributed by atoms with Crippen LogP contribution in [0.25, 0.3) is 22.4 Å². The fraction of sp³-hybridized carbons (Fsp3) is 0.125. The van der Waals surface area contributed by atoms with Gasteiger partial charge in [0.05, 0.1) is 7.11 Å². The van der Waals surface area contributed by atoms with E-state index >= 15 is 0 Å². The summed E-state index contributed by atoms with van der Waals surface area (Å²) in [6, 6.07) is 16.4. The number of aromatic amines is 1. The minimum atomic E-state index is -4.72. The molecule has 1 aromatic heterocycles. The van der Waals surface area contributed by atoms with Crippen LogP contribution < -0.4 is 9.47 Å². The van der Waals surface area contributed by atoms with Crippen molar-refractivity contribution >= 4 is 0 Å². The van der Waals surface area contributed by atoms with E-state index in [0.29, 0.717) is 5.56 Å². The van der Waals surface area contributed by atoms with E-state index in [-0.39, 0.29) is 46.2 Å². The second kappa shape index (κ2) is 8.85. The first-order valence-corrected chi connectivity index (χ1v) is 9.78. The number of phenolic OH excluding ortho intramolecular Hbond substituents is 1. The summed E-state index contributed by atoms with van der Waals surface area (Å²) in [5.41, 5.74) is -0.889. The highest BCUT2D eigenvalue weighted by Gasteiger charge is 2.39. The molecule has 33 heavy (non-hydrogen) atoms. The number of nitrogens with zero attached hydrogens (tertiary/aromatic N) is 1. The van der Waals surface area contributed by atoms with Gasteiger partial charge >= 0.3 is 6.18 Å². The van der Waals surface area contributed by atoms with E-state index in [1.165, 1.54) is 43.5 Å². The summed E-state index contributed by atoms with van der Waals surface area (Å²) in [4.78, 5) is 0. The van der Waals surface area contributed by atoms with E-state index in [2.05, 4.69) is 5.10 Å². The Morgan fingerprint density at radius 2 is 1.70 bits per heavy atom. The number of halogens is 4. The molecular weight excluding hydrogens is 440 g/mol. The molecule has 9 heteroatoms. The summed E-state index contributed by atoms with van der Waals surface area (Å²) in [6.45, 7) is -0.0848. The fourth-order valence-electron chi connectivity index (χ4n) is 3.43. The zero-order valence-corrected chi connectivity index (χ0v) is 17.3. The highest BCUT2D eigenvalue weighted by molar-refractivity contribution is 5.88. The number of nitrogens with one attached hydrogen (secondary N) is 1. The predicted octanol–water partition coefficient (Wildman–Crippen LogP) is 6.19. The lowest BCUT2D eigenvalue weighted by molar-refractivity contribution is -0.140. The zero-order valence-electron chi connectivity index (χ0n) is 17.3. The van der Waals surface area contributed by atoms with Crippen LogP contribution in [0.2, 0.25) is 0 Å². The average Bonchev–Trinajstić information content (AvgIpc) is 3.24. The SMILES string of the molecule is COc1ccccc1-c1c(-c2ccc(OCc3ccccc3F)cc2O)n[nH]c1C(F)(F)F. The third-order valence-electron chi connectivity index (χ3n) is 5.00. The monoisotopic (exact) mass is 458 g/mol. The lowest BCUT2D eigenvalue weighted by atomic mass is 9.97. The number of rotatable bonds is 6. The van der Waals surface area contributed by atoms with Gasteiger partial charge in [0.2, 0.25) is 0 Å². The van der Waals surface area contributed by atoms with Gasteiger partial charge in [0.15, 0.2) is 0 Å². The van der Waals surface area contributed by atoms with Crippen LogP contribution in [0.15, 0.2) is 66.7 Å². The molecule has 0 aliphatic carbocycles. The van der Waals surface area contributed by atoms with Crippen molar-refractivity contribution in [2.75, 3.05) is 7.11 Å². The molecule has 0 amide bonds. The van der Waals surface area contributed by atoms with E-state index in [1.807, 2.05) is 5.10 Å². The molecule has 0 aliphatic heterocycles. The minimum absolute atomic E-state index is 0.0564. The molecule has 0 unspecified atom stereocenters. The van der Waals surface area contributed by atoms with Crippen LogP contribution in [0, 0.1) is 5.82 Å². The van der Waals surface area contributed by atoms with Gasteiger partial charge in [-0.3, -0.25) is 5.10 Å². The number of aromatic hydroxyl groups is 1. The number of ether oxygens (including phenoxy) is 2. The number of benzene rings is 3. The maximum absolute atomic E-state index is 13.8. The summed E-state index contributed by atoms with van der Waals surface area (Å²) in [5.74, 6) is -0.353. The van der Waals surface area contributed by atoms with Crippen LogP contribution >= 0.6 is 0 Å². The summed E-state index contributed by atoms with van der Waals surface area (Å²) in [6.07, 6.45) is -4.72. The molecular formula is C24H18F4N2O3. The van der Waals surface area contributed by atoms with Crippen LogP contribution in [0.4, 0.5) is 17.6 Å². The van der Waals surface area contributed by atoms with Gasteiger partial charge in [-0.05, 0) is 24.3 Å². The van der Waals surface area contributed by atoms with Gasteiger partial charge in [-0.15, -0.1) is 0 Å². The van der Waals surface area contributed by atoms with Gasteiger partial charge in [-0.25, -0.2) is 4.39 Å². The van der Waals surface area contributed by atoms with Crippen molar-refractivity contribution in [1.29, 1.82) is 0 Å². The lowest BCUT2D eigenvalue weighted by Crippen LogP contribution is -2.07. The summed E-state index contributed by atoms with van der Waals surface area (Å²) < 4.78 is 65.7. The van der Waals surface area contributed by atoms with Gasteiger partial charge in [0.1, 0.15) is 41.1 Å². The molecule has 0 aliphatic rings. The minimum Gasteiger partial charge on any atom is -0.507 e. The number of H-pyrrole nitrogens is 1. The molecule has 2 N–H and O–H groups in total. The van der Waals surface area contributed by atoms with Crippen LogP contribution in [0.3, 0.4) is 0 Å². The molecule has 0 spiro atoms. The Labute approximate surface area is 186 Å². The van der Waals surface area contributed by atoms with Crippen LogP contribution in [-0.4, -0.2) is 22.4 Å². The maximum Gasteiger partial charge on any atom is 0.433 e. The second-order valence-corrected chi connectivity index (χ2v) is 7.08. The number of methoxy groups -OCH3 is 1. The second-order valence-electron chi connectivity index (χ2n) is 7.08. The van der Waals surface area contributed by atoms with Gasteiger partial charge in [-0.1, -0.05) is 36.4 Å². The molecule has 4 aromatic rings. The number of phenols is 1. The molecule has 0 fully saturated rings. The van der Waals surface area contributed by atoms with Gasteiger partial charge in [0, 0.05) is 28.3 Å². The number of hydrogen-bond acceptors (Lipinski definition) is 4. The molecule has 3 aromatic carbocycles. The molecule has 170 valence electrons. The van der Waals surface area contributed by atoms with Crippen molar-refractivity contribution in [2.24, 2.45) is 0 Å². The Balaban J connectivity index is 1.74. The lowest BCUT2D eigenvalue weighted by Gasteiger charge is -2.13. The van der Waals surface area contributed by atoms with E-state index < -0.39 is 17.7 Å². The Hall–Kier alpha value is -4.01. The first kappa shape index (κ1) is 22.2. The molecule has 0 radical (unpaired) electrons. The number of aromatic nitrogens is 2. The number of alkyl halides is 3. The van der Waals surface area contributed by atoms with Crippen molar-refractivity contribution in [3.8, 4) is 39.6 Å². The molecule has 0 saturated carbocycles. The summed E-state index contributed by atoms with van der Waals surface area (Å²) in [7, 11) is 1.35. The molecule has 1 heterocycles. The van der Waals surface area contributed by atoms with Gasteiger partial charge in [0.25, 0.3) is 0 Å². The quantitative estimate of drug-likeness (QED) is 0.338. The molecule has 5 nitrogen and oxygen atoms in total. The van der Waals surface area contributed by atoms with Crippen LogP contribution in [0.1, 0.15) is 11.3 Å². The fourth-order valence-corrected chi connectivity index (χ4v) is 3.43. The molecule has 0 bridgehead atoms. The van der Waals surface area contributed by atoms with Crippen molar-refractivity contribution in [2.45, 2.75) is 12.8 Å². The average molecular weight is 458 g/mol. The highest BCUT2D eigenvalue weighted by Crippen LogP contribution is 2.46. The van der Waals surface area contributed by atoms with Crippen LogP contribution in [0.5, 0.6) is 17.2 Å². The van der Waals surface area contributed by atoms with Crippen molar-refractivity contribution < 1.29 is 32.1 Å². The smallest absolute Gasteiger partial charge is 0.433 e. The largest absolute Gasteiger partial charge is 0.507 e. The molecule has 0 saturated heterocycles. The van der Waals surface area contributed by atoms with Crippen molar-refractivity contribution in [1.82, 2.24) is 10.2 Å². The van der Waals surface area contributed by atoms with E-state index in [0.717, 1.165) is 0 Å². The number of para-hydroxylation sites is 1. The van der Waals surface area contributed by atoms with E-state index in [9.17, 15) is 22.7 Å². The van der Waals surface area contributed by atoms with E-state index in [1.54, 1.807) is 30.3 Å². The Kier molecular flexibility index (Phi) is 5.95. The van der Waals surface area contributed by atoms with Crippen LogP contribution in [-0.2, 0) is 12.8 Å². The first-order valence-electron chi connectivity index (χ1n) is 9.78. The predicted molar refractivity (Wildman–Crippen MR) is 113 cm³/mol. The maximum atomic E-state index is 13.8. The van der Waals surface area contributed by atoms with Crippen molar-refractivity contribution in [3.63, 3.8) is 0 Å². The third-order valence-corrected chi connectivity index (χ3v) is 5.00. The zero-order chi connectivity index (χ0) is 23.6. The Morgan fingerprint density at radius 1 is 0.970 bits per heavy atom. The topological polar surface area (TPSA) is 67.4 Å². The summed E-state index contributed by atoms with van der Waals surface area (Å²) >= 11 is 0. The number of hydrogen-bond donors (Lipinski definition) is 2. The van der Waals surface area contributed by atoms with Crippen molar-refractivity contribution in [3.05, 3.63) is 83.8 Å². The Bertz CT molecular complexity index is 1280. The first-order chi connectivity index (χ1) is 15.8. The normalized spacial score (nSPS) is 11.4. The molecule has 0 atom stereocenters.